The lowest BCUT2D eigenvalue weighted by Gasteiger charge is -2.17. The summed E-state index contributed by atoms with van der Waals surface area (Å²) in [7, 11) is 1.52. The molecule has 1 rings (SSSR count). The van der Waals surface area contributed by atoms with Crippen molar-refractivity contribution in [1.82, 2.24) is 10.2 Å². The molecule has 22 heavy (non-hydrogen) atoms. The number of nitrogens with zero attached hydrogens (tertiary/aromatic N) is 2. The number of rotatable bonds is 7. The fraction of sp³-hybridized carbons (Fsp3) is 0.385. The molecule has 0 saturated heterocycles. The molecule has 2 amide bonds. The van der Waals surface area contributed by atoms with Gasteiger partial charge in [-0.1, -0.05) is 0 Å². The maximum Gasteiger partial charge on any atom is 0.404 e. The minimum absolute atomic E-state index is 0.0225. The third kappa shape index (κ3) is 5.00. The van der Waals surface area contributed by atoms with Crippen LogP contribution in [0.25, 0.3) is 0 Å². The lowest BCUT2D eigenvalue weighted by atomic mass is 10.1. The quantitative estimate of drug-likeness (QED) is 0.453. The zero-order valence-corrected chi connectivity index (χ0v) is 11.9. The lowest BCUT2D eigenvalue weighted by Crippen LogP contribution is -2.29. The molecular formula is C13H16FN3O5. The number of halogens is 1. The summed E-state index contributed by atoms with van der Waals surface area (Å²) in [6.45, 7) is 0.641. The van der Waals surface area contributed by atoms with Crippen molar-refractivity contribution in [2.24, 2.45) is 0 Å². The third-order valence-corrected chi connectivity index (χ3v) is 2.93. The zero-order chi connectivity index (χ0) is 16.7. The summed E-state index contributed by atoms with van der Waals surface area (Å²) in [5, 5.41) is 21.1. The summed E-state index contributed by atoms with van der Waals surface area (Å²) >= 11 is 0. The molecule has 0 aromatic heterocycles. The second-order valence-corrected chi connectivity index (χ2v) is 4.59. The average molecular weight is 313 g/mol. The largest absolute Gasteiger partial charge is 0.465 e. The molecule has 0 heterocycles. The molecule has 0 radical (unpaired) electrons. The Hall–Kier alpha value is -2.71. The predicted octanol–water partition coefficient (Wildman–Crippen LogP) is 1.85. The smallest absolute Gasteiger partial charge is 0.404 e. The maximum absolute atomic E-state index is 13.5. The van der Waals surface area contributed by atoms with Crippen LogP contribution in [-0.4, -0.2) is 47.1 Å². The van der Waals surface area contributed by atoms with Crippen molar-refractivity contribution in [2.45, 2.75) is 12.8 Å². The van der Waals surface area contributed by atoms with Crippen LogP contribution >= 0.6 is 0 Å². The van der Waals surface area contributed by atoms with E-state index in [-0.39, 0.29) is 12.1 Å². The number of carbonyl (C=O) groups is 2. The van der Waals surface area contributed by atoms with Gasteiger partial charge in [0.25, 0.3) is 5.91 Å². The molecular weight excluding hydrogens is 297 g/mol. The van der Waals surface area contributed by atoms with Crippen LogP contribution in [0.5, 0.6) is 0 Å². The van der Waals surface area contributed by atoms with E-state index in [4.69, 9.17) is 5.11 Å². The van der Waals surface area contributed by atoms with Crippen LogP contribution in [0.1, 0.15) is 23.2 Å². The van der Waals surface area contributed by atoms with Gasteiger partial charge in [-0.3, -0.25) is 14.9 Å². The minimum atomic E-state index is -1.11. The first kappa shape index (κ1) is 17.3. The van der Waals surface area contributed by atoms with E-state index in [0.717, 1.165) is 12.1 Å². The Morgan fingerprint density at radius 1 is 1.41 bits per heavy atom. The molecule has 0 aliphatic rings. The van der Waals surface area contributed by atoms with Gasteiger partial charge < -0.3 is 15.3 Å². The molecule has 0 aliphatic heterocycles. The van der Waals surface area contributed by atoms with Gasteiger partial charge in [0.05, 0.1) is 4.92 Å². The van der Waals surface area contributed by atoms with Crippen molar-refractivity contribution in [2.75, 3.05) is 20.1 Å². The first-order chi connectivity index (χ1) is 10.3. The highest BCUT2D eigenvalue weighted by Crippen LogP contribution is 2.18. The molecule has 0 saturated carbocycles. The molecule has 0 fully saturated rings. The molecule has 120 valence electrons. The van der Waals surface area contributed by atoms with E-state index in [1.54, 1.807) is 0 Å². The van der Waals surface area contributed by atoms with E-state index in [2.05, 4.69) is 5.32 Å². The van der Waals surface area contributed by atoms with Crippen LogP contribution in [-0.2, 0) is 0 Å². The zero-order valence-electron chi connectivity index (χ0n) is 11.9. The number of carbonyl (C=O) groups excluding carboxylic acids is 1. The second kappa shape index (κ2) is 7.91. The van der Waals surface area contributed by atoms with Crippen LogP contribution in [0.2, 0.25) is 0 Å². The van der Waals surface area contributed by atoms with E-state index in [9.17, 15) is 24.1 Å². The minimum Gasteiger partial charge on any atom is -0.465 e. The molecule has 0 spiro atoms. The van der Waals surface area contributed by atoms with Crippen LogP contribution in [0.15, 0.2) is 18.2 Å². The van der Waals surface area contributed by atoms with Gasteiger partial charge in [0.1, 0.15) is 0 Å². The fourth-order valence-corrected chi connectivity index (χ4v) is 1.78. The van der Waals surface area contributed by atoms with Crippen molar-refractivity contribution >= 4 is 17.7 Å². The Kier molecular flexibility index (Phi) is 6.24. The molecule has 0 aliphatic carbocycles. The highest BCUT2D eigenvalue weighted by atomic mass is 19.1. The van der Waals surface area contributed by atoms with E-state index in [0.29, 0.717) is 19.4 Å². The number of carboxylic acid groups (broad SMARTS) is 1. The van der Waals surface area contributed by atoms with Crippen molar-refractivity contribution in [3.05, 3.63) is 39.7 Å². The highest BCUT2D eigenvalue weighted by molar-refractivity contribution is 5.94. The number of unbranched alkanes of at least 4 members (excludes halogenated alkanes) is 1. The molecule has 8 nitrogen and oxygen atoms in total. The highest BCUT2D eigenvalue weighted by Gasteiger charge is 2.18. The van der Waals surface area contributed by atoms with Gasteiger partial charge in [-0.05, 0) is 25.0 Å². The number of nitro benzene ring substituents is 1. The van der Waals surface area contributed by atoms with Crippen LogP contribution < -0.4 is 5.32 Å². The second-order valence-electron chi connectivity index (χ2n) is 4.59. The van der Waals surface area contributed by atoms with E-state index in [1.807, 2.05) is 0 Å². The monoisotopic (exact) mass is 313 g/mol. The van der Waals surface area contributed by atoms with Gasteiger partial charge >= 0.3 is 11.8 Å². The molecule has 1 aromatic rings. The van der Waals surface area contributed by atoms with Crippen molar-refractivity contribution in [1.29, 1.82) is 0 Å². The molecule has 9 heteroatoms. The SMILES string of the molecule is CN(CCCCNC(=O)O)C(=O)c1ccc([N+](=O)[O-])c(F)c1. The summed E-state index contributed by atoms with van der Waals surface area (Å²) < 4.78 is 13.5. The fourth-order valence-electron chi connectivity index (χ4n) is 1.78. The summed E-state index contributed by atoms with van der Waals surface area (Å²) in [6.07, 6.45) is 0.0158. The Balaban J connectivity index is 2.54. The number of benzene rings is 1. The van der Waals surface area contributed by atoms with Crippen LogP contribution in [0, 0.1) is 15.9 Å². The van der Waals surface area contributed by atoms with Crippen molar-refractivity contribution < 1.29 is 24.0 Å². The first-order valence-electron chi connectivity index (χ1n) is 6.49. The number of amides is 2. The standard InChI is InChI=1S/C13H16FN3O5/c1-16(7-3-2-6-15-13(19)20)12(18)9-4-5-11(17(21)22)10(14)8-9/h4-5,8,15H,2-3,6-7H2,1H3,(H,19,20). The van der Waals surface area contributed by atoms with Gasteiger partial charge in [-0.25, -0.2) is 4.79 Å². The summed E-state index contributed by atoms with van der Waals surface area (Å²) in [6, 6.07) is 2.99. The van der Waals surface area contributed by atoms with E-state index in [1.165, 1.54) is 18.0 Å². The van der Waals surface area contributed by atoms with Gasteiger partial charge in [-0.2, -0.15) is 4.39 Å². The number of hydrogen-bond donors (Lipinski definition) is 2. The van der Waals surface area contributed by atoms with Gasteiger partial charge in [0.15, 0.2) is 0 Å². The Morgan fingerprint density at radius 2 is 2.09 bits per heavy atom. The van der Waals surface area contributed by atoms with E-state index >= 15 is 0 Å². The topological polar surface area (TPSA) is 113 Å². The van der Waals surface area contributed by atoms with Gasteiger partial charge in [-0.15, -0.1) is 0 Å². The third-order valence-electron chi connectivity index (χ3n) is 2.93. The molecule has 0 bridgehead atoms. The summed E-state index contributed by atoms with van der Waals surface area (Å²) in [5.74, 6) is -1.52. The number of nitrogens with one attached hydrogen (secondary N) is 1. The molecule has 2 N–H and O–H groups in total. The van der Waals surface area contributed by atoms with Crippen LogP contribution in [0.3, 0.4) is 0 Å². The van der Waals surface area contributed by atoms with E-state index < -0.39 is 28.4 Å². The predicted molar refractivity (Wildman–Crippen MR) is 75.3 cm³/mol. The summed E-state index contributed by atoms with van der Waals surface area (Å²) in [4.78, 5) is 33.3. The lowest BCUT2D eigenvalue weighted by molar-refractivity contribution is -0.387. The Morgan fingerprint density at radius 3 is 2.64 bits per heavy atom. The molecule has 0 atom stereocenters. The molecule has 1 aromatic carbocycles. The Bertz CT molecular complexity index is 579. The first-order valence-corrected chi connectivity index (χ1v) is 6.49. The number of hydrogen-bond acceptors (Lipinski definition) is 4. The number of nitro groups is 1. The normalized spacial score (nSPS) is 10.1. The maximum atomic E-state index is 13.5. The summed E-state index contributed by atoms with van der Waals surface area (Å²) in [5.41, 5.74) is -0.659. The van der Waals surface area contributed by atoms with Gasteiger partial charge in [0, 0.05) is 31.8 Å². The van der Waals surface area contributed by atoms with Crippen molar-refractivity contribution in [3.63, 3.8) is 0 Å². The van der Waals surface area contributed by atoms with Crippen molar-refractivity contribution in [3.8, 4) is 0 Å². The average Bonchev–Trinajstić information content (AvgIpc) is 2.45. The Labute approximate surface area is 125 Å². The van der Waals surface area contributed by atoms with Gasteiger partial charge in [0.2, 0.25) is 5.82 Å². The van der Waals surface area contributed by atoms with Crippen LogP contribution in [0.4, 0.5) is 14.9 Å². The molecule has 0 unspecified atom stereocenters.